The van der Waals surface area contributed by atoms with E-state index in [9.17, 15) is 9.59 Å². The van der Waals surface area contributed by atoms with Gasteiger partial charge in [-0.1, -0.05) is 29.4 Å². The summed E-state index contributed by atoms with van der Waals surface area (Å²) in [6.45, 7) is 5.87. The van der Waals surface area contributed by atoms with Gasteiger partial charge in [-0.05, 0) is 50.1 Å². The third kappa shape index (κ3) is 4.05. The highest BCUT2D eigenvalue weighted by atomic mass is 16.5. The molecule has 0 fully saturated rings. The molecule has 0 spiro atoms. The number of aromatic nitrogens is 3. The summed E-state index contributed by atoms with van der Waals surface area (Å²) in [4.78, 5) is 25.3. The summed E-state index contributed by atoms with van der Waals surface area (Å²) in [5.41, 5.74) is 4.10. The number of rotatable bonds is 6. The third-order valence-electron chi connectivity index (χ3n) is 4.84. The van der Waals surface area contributed by atoms with Crippen LogP contribution in [0.4, 0.5) is 5.82 Å². The van der Waals surface area contributed by atoms with Gasteiger partial charge < -0.3 is 14.6 Å². The fourth-order valence-electron chi connectivity index (χ4n) is 3.56. The quantitative estimate of drug-likeness (QED) is 0.476. The van der Waals surface area contributed by atoms with Crippen LogP contribution >= 0.6 is 0 Å². The Morgan fingerprint density at radius 3 is 2.68 bits per heavy atom. The van der Waals surface area contributed by atoms with E-state index in [2.05, 4.69) is 15.6 Å². The van der Waals surface area contributed by atoms with Gasteiger partial charge in [0.05, 0.1) is 24.9 Å². The van der Waals surface area contributed by atoms with Gasteiger partial charge >= 0.3 is 5.97 Å². The van der Waals surface area contributed by atoms with Crippen LogP contribution in [0.3, 0.4) is 0 Å². The maximum absolute atomic E-state index is 12.9. The Morgan fingerprint density at radius 2 is 1.94 bits per heavy atom. The van der Waals surface area contributed by atoms with Gasteiger partial charge in [-0.25, -0.2) is 9.48 Å². The molecule has 4 rings (SSSR count). The number of hydrogen-bond acceptors (Lipinski definition) is 6. The van der Waals surface area contributed by atoms with Gasteiger partial charge in [0.2, 0.25) is 5.91 Å². The van der Waals surface area contributed by atoms with Gasteiger partial charge in [0.15, 0.2) is 11.4 Å². The first-order valence-electron chi connectivity index (χ1n) is 9.94. The second-order valence-electron chi connectivity index (χ2n) is 7.18. The van der Waals surface area contributed by atoms with Crippen LogP contribution in [0.15, 0.2) is 53.2 Å². The number of nitrogens with one attached hydrogen (secondary N) is 1. The summed E-state index contributed by atoms with van der Waals surface area (Å²) < 4.78 is 12.0. The molecule has 0 aliphatic rings. The number of fused-ring (bicyclic) bond motifs is 1. The molecular weight excluding hydrogens is 396 g/mol. The number of esters is 1. The molecule has 8 nitrogen and oxygen atoms in total. The lowest BCUT2D eigenvalue weighted by Gasteiger charge is -2.11. The Hall–Kier alpha value is -3.94. The first kappa shape index (κ1) is 20.3. The molecular formula is C23H22N4O4. The maximum Gasteiger partial charge on any atom is 0.343 e. The number of benzene rings is 2. The number of para-hydroxylation sites is 1. The lowest BCUT2D eigenvalue weighted by atomic mass is 10.0. The van der Waals surface area contributed by atoms with E-state index >= 15 is 0 Å². The van der Waals surface area contributed by atoms with E-state index < -0.39 is 5.97 Å². The summed E-state index contributed by atoms with van der Waals surface area (Å²) in [7, 11) is 0. The van der Waals surface area contributed by atoms with Gasteiger partial charge in [0.25, 0.3) is 0 Å². The van der Waals surface area contributed by atoms with Crippen LogP contribution in [-0.2, 0) is 16.0 Å². The van der Waals surface area contributed by atoms with Crippen molar-refractivity contribution in [2.45, 2.75) is 27.2 Å². The first-order chi connectivity index (χ1) is 15.0. The minimum atomic E-state index is -0.557. The van der Waals surface area contributed by atoms with Crippen molar-refractivity contribution in [3.63, 3.8) is 0 Å². The van der Waals surface area contributed by atoms with Gasteiger partial charge in [-0.2, -0.15) is 5.10 Å². The van der Waals surface area contributed by atoms with Crippen molar-refractivity contribution in [1.29, 1.82) is 0 Å². The molecule has 1 N–H and O–H groups in total. The molecule has 0 saturated heterocycles. The molecule has 0 saturated carbocycles. The number of nitrogens with zero attached hydrogens (tertiary/aromatic N) is 3. The zero-order valence-electron chi connectivity index (χ0n) is 17.5. The molecule has 4 aromatic rings. The number of hydrogen-bond donors (Lipinski definition) is 1. The van der Waals surface area contributed by atoms with E-state index in [0.717, 1.165) is 16.5 Å². The molecule has 0 atom stereocenters. The fourth-order valence-corrected chi connectivity index (χ4v) is 3.56. The first-order valence-corrected chi connectivity index (χ1v) is 9.94. The molecule has 2 aromatic heterocycles. The molecule has 1 amide bonds. The van der Waals surface area contributed by atoms with Crippen molar-refractivity contribution in [2.24, 2.45) is 0 Å². The van der Waals surface area contributed by atoms with Crippen LogP contribution in [0.5, 0.6) is 0 Å². The van der Waals surface area contributed by atoms with Crippen molar-refractivity contribution in [3.05, 3.63) is 71.0 Å². The highest BCUT2D eigenvalue weighted by molar-refractivity contribution is 6.01. The predicted octanol–water partition coefficient (Wildman–Crippen LogP) is 3.99. The van der Waals surface area contributed by atoms with Gasteiger partial charge in [-0.15, -0.1) is 0 Å². The monoisotopic (exact) mass is 418 g/mol. The smallest absolute Gasteiger partial charge is 0.343 e. The van der Waals surface area contributed by atoms with E-state index in [1.807, 2.05) is 56.3 Å². The normalized spacial score (nSPS) is 10.9. The summed E-state index contributed by atoms with van der Waals surface area (Å²) in [5.74, 6) is -0.661. The molecule has 2 aromatic carbocycles. The number of ether oxygens (including phenoxy) is 1. The number of carbonyl (C=O) groups is 2. The average molecular weight is 418 g/mol. The van der Waals surface area contributed by atoms with Crippen molar-refractivity contribution >= 4 is 28.7 Å². The highest BCUT2D eigenvalue weighted by Gasteiger charge is 2.23. The Bertz CT molecular complexity index is 1260. The number of amides is 1. The van der Waals surface area contributed by atoms with Gasteiger partial charge in [0, 0.05) is 5.39 Å². The molecule has 8 heteroatoms. The summed E-state index contributed by atoms with van der Waals surface area (Å²) >= 11 is 0. The molecule has 0 radical (unpaired) electrons. The second-order valence-corrected chi connectivity index (χ2v) is 7.18. The largest absolute Gasteiger partial charge is 0.462 e. The zero-order chi connectivity index (χ0) is 22.0. The number of aryl methyl sites for hydroxylation is 2. The van der Waals surface area contributed by atoms with E-state index in [1.54, 1.807) is 6.92 Å². The highest BCUT2D eigenvalue weighted by Crippen LogP contribution is 2.26. The van der Waals surface area contributed by atoms with Crippen molar-refractivity contribution in [1.82, 2.24) is 14.9 Å². The molecule has 31 heavy (non-hydrogen) atoms. The van der Waals surface area contributed by atoms with Crippen molar-refractivity contribution in [3.8, 4) is 5.69 Å². The Kier molecular flexibility index (Phi) is 5.53. The third-order valence-corrected chi connectivity index (χ3v) is 4.84. The molecule has 0 bridgehead atoms. The molecule has 2 heterocycles. The molecule has 158 valence electrons. The minimum Gasteiger partial charge on any atom is -0.462 e. The minimum absolute atomic E-state index is 0.0147. The Labute approximate surface area is 178 Å². The Balaban J connectivity index is 1.66. The van der Waals surface area contributed by atoms with E-state index in [0.29, 0.717) is 17.0 Å². The van der Waals surface area contributed by atoms with Crippen molar-refractivity contribution < 1.29 is 18.8 Å². The van der Waals surface area contributed by atoms with Crippen molar-refractivity contribution in [2.75, 3.05) is 11.9 Å². The van der Waals surface area contributed by atoms with Crippen LogP contribution in [0.25, 0.3) is 16.7 Å². The van der Waals surface area contributed by atoms with E-state index in [-0.39, 0.29) is 30.3 Å². The van der Waals surface area contributed by atoms with Gasteiger partial charge in [0.1, 0.15) is 11.3 Å². The standard InChI is InChI=1S/C23H22N4O4/c1-4-30-23(29)17-13-24-27(16-8-6-5-7-9-16)22(17)25-20(28)12-18-21-15(3)10-14(2)11-19(21)31-26-18/h5-11,13H,4,12H2,1-3H3,(H,25,28). The second kappa shape index (κ2) is 8.43. The SMILES string of the molecule is CCOC(=O)c1cnn(-c2ccccc2)c1NC(=O)Cc1noc2cc(C)cc(C)c12. The number of anilines is 1. The van der Waals surface area contributed by atoms with Crippen LogP contribution in [0.1, 0.15) is 34.1 Å². The van der Waals surface area contributed by atoms with Gasteiger partial charge in [-0.3, -0.25) is 4.79 Å². The van der Waals surface area contributed by atoms with Crippen LogP contribution in [0.2, 0.25) is 0 Å². The lowest BCUT2D eigenvalue weighted by Crippen LogP contribution is -2.20. The summed E-state index contributed by atoms with van der Waals surface area (Å²) in [6.07, 6.45) is 1.37. The Morgan fingerprint density at radius 1 is 1.16 bits per heavy atom. The van der Waals surface area contributed by atoms with E-state index in [1.165, 1.54) is 10.9 Å². The zero-order valence-corrected chi connectivity index (χ0v) is 17.5. The average Bonchev–Trinajstić information content (AvgIpc) is 3.33. The summed E-state index contributed by atoms with van der Waals surface area (Å²) in [5, 5.41) is 12.0. The predicted molar refractivity (Wildman–Crippen MR) is 115 cm³/mol. The van der Waals surface area contributed by atoms with E-state index in [4.69, 9.17) is 9.26 Å². The summed E-state index contributed by atoms with van der Waals surface area (Å²) in [6, 6.07) is 13.1. The fraction of sp³-hybridized carbons (Fsp3) is 0.217. The molecule has 0 aliphatic heterocycles. The molecule has 0 aliphatic carbocycles. The van der Waals surface area contributed by atoms with Crippen LogP contribution < -0.4 is 5.32 Å². The van der Waals surface area contributed by atoms with Crippen LogP contribution in [-0.4, -0.2) is 33.4 Å². The topological polar surface area (TPSA) is 99.2 Å². The lowest BCUT2D eigenvalue weighted by molar-refractivity contribution is -0.115. The molecule has 0 unspecified atom stereocenters. The number of carbonyl (C=O) groups excluding carboxylic acids is 2. The van der Waals surface area contributed by atoms with Crippen LogP contribution in [0, 0.1) is 13.8 Å². The maximum atomic E-state index is 12.9.